The highest BCUT2D eigenvalue weighted by molar-refractivity contribution is 7.47. The van der Waals surface area contributed by atoms with Crippen LogP contribution in [0.5, 0.6) is 0 Å². The molecule has 0 saturated heterocycles. The van der Waals surface area contributed by atoms with Gasteiger partial charge in [-0.1, -0.05) is 103 Å². The number of ether oxygens (including phenoxy) is 2. The first-order valence-corrected chi connectivity index (χ1v) is 17.7. The third-order valence-electron chi connectivity index (χ3n) is 6.65. The molecule has 0 spiro atoms. The van der Waals surface area contributed by atoms with Crippen molar-refractivity contribution in [3.8, 4) is 0 Å². The summed E-state index contributed by atoms with van der Waals surface area (Å²) in [6.45, 7) is 3.44. The second-order valence-electron chi connectivity index (χ2n) is 10.7. The molecule has 0 aromatic heterocycles. The van der Waals surface area contributed by atoms with E-state index in [9.17, 15) is 19.0 Å². The lowest BCUT2D eigenvalue weighted by Crippen LogP contribution is -2.29. The van der Waals surface area contributed by atoms with Crippen molar-refractivity contribution in [3.05, 3.63) is 12.2 Å². The van der Waals surface area contributed by atoms with Crippen molar-refractivity contribution in [1.29, 1.82) is 0 Å². The van der Waals surface area contributed by atoms with Crippen molar-refractivity contribution in [2.45, 2.75) is 148 Å². The molecule has 2 unspecified atom stereocenters. The fourth-order valence-corrected chi connectivity index (χ4v) is 4.96. The second-order valence-corrected chi connectivity index (χ2v) is 12.1. The summed E-state index contributed by atoms with van der Waals surface area (Å²) in [5, 5.41) is 0. The number of carbonyl (C=O) groups excluding carboxylic acids is 2. The molecule has 0 aliphatic heterocycles. The highest BCUT2D eigenvalue weighted by Crippen LogP contribution is 2.43. The smallest absolute Gasteiger partial charge is 0.462 e. The molecule has 0 fully saturated rings. The average molecular weight is 606 g/mol. The first-order valence-electron chi connectivity index (χ1n) is 16.2. The maximum absolute atomic E-state index is 12.3. The standard InChI is InChI=1S/C31H60NO8P/c1-3-5-7-8-9-10-11-12-13-14-15-16-17-18-19-20-21-22-24-31(34)40-29(27-37-30(33)23-6-4-2)28-39-41(35,36)38-26-25-32/h13-14,29H,3-12,15-28,32H2,1-2H3,(H,35,36)/b14-13-. The Labute approximate surface area is 249 Å². The molecule has 10 heteroatoms. The van der Waals surface area contributed by atoms with Crippen LogP contribution in [0.15, 0.2) is 12.2 Å². The minimum absolute atomic E-state index is 0.0537. The molecule has 242 valence electrons. The molecule has 3 N–H and O–H groups in total. The summed E-state index contributed by atoms with van der Waals surface area (Å²) in [4.78, 5) is 33.9. The molecule has 0 aliphatic carbocycles. The zero-order valence-corrected chi connectivity index (χ0v) is 26.9. The van der Waals surface area contributed by atoms with Gasteiger partial charge in [-0.15, -0.1) is 0 Å². The minimum Gasteiger partial charge on any atom is -0.462 e. The summed E-state index contributed by atoms with van der Waals surface area (Å²) in [7, 11) is -4.34. The van der Waals surface area contributed by atoms with E-state index in [0.29, 0.717) is 12.8 Å². The van der Waals surface area contributed by atoms with Gasteiger partial charge in [0.05, 0.1) is 13.2 Å². The summed E-state index contributed by atoms with van der Waals surface area (Å²) in [6.07, 6.45) is 25.1. The highest BCUT2D eigenvalue weighted by Gasteiger charge is 2.25. The predicted octanol–water partition coefficient (Wildman–Crippen LogP) is 7.93. The lowest BCUT2D eigenvalue weighted by Gasteiger charge is -2.19. The van der Waals surface area contributed by atoms with Crippen LogP contribution in [0, 0.1) is 0 Å². The molecule has 0 aromatic carbocycles. The Morgan fingerprint density at radius 3 is 1.78 bits per heavy atom. The van der Waals surface area contributed by atoms with Crippen molar-refractivity contribution >= 4 is 19.8 Å². The Morgan fingerprint density at radius 2 is 1.22 bits per heavy atom. The van der Waals surface area contributed by atoms with Crippen LogP contribution in [-0.4, -0.2) is 49.3 Å². The summed E-state index contributed by atoms with van der Waals surface area (Å²) < 4.78 is 32.0. The SMILES string of the molecule is CCCCCCCCC/C=C\CCCCCCCCCC(=O)OC(COC(=O)CCCC)COP(=O)(O)OCCN. The maximum atomic E-state index is 12.3. The number of esters is 2. The zero-order chi connectivity index (χ0) is 30.4. The lowest BCUT2D eigenvalue weighted by atomic mass is 10.1. The molecule has 41 heavy (non-hydrogen) atoms. The lowest BCUT2D eigenvalue weighted by molar-refractivity contribution is -0.161. The molecule has 0 saturated carbocycles. The summed E-state index contributed by atoms with van der Waals surface area (Å²) >= 11 is 0. The maximum Gasteiger partial charge on any atom is 0.472 e. The fraction of sp³-hybridized carbons (Fsp3) is 0.871. The molecular weight excluding hydrogens is 545 g/mol. The number of hydrogen-bond donors (Lipinski definition) is 2. The zero-order valence-electron chi connectivity index (χ0n) is 26.0. The molecule has 0 heterocycles. The van der Waals surface area contributed by atoms with Gasteiger partial charge in [0.25, 0.3) is 0 Å². The number of carbonyl (C=O) groups is 2. The summed E-state index contributed by atoms with van der Waals surface area (Å²) in [5.41, 5.74) is 5.28. The average Bonchev–Trinajstić information content (AvgIpc) is 2.95. The second kappa shape index (κ2) is 28.9. The van der Waals surface area contributed by atoms with E-state index >= 15 is 0 Å². The van der Waals surface area contributed by atoms with Crippen molar-refractivity contribution in [2.75, 3.05) is 26.4 Å². The molecule has 0 bridgehead atoms. The Kier molecular flexibility index (Phi) is 28.0. The first kappa shape index (κ1) is 39.8. The third kappa shape index (κ3) is 28.6. The summed E-state index contributed by atoms with van der Waals surface area (Å²) in [6, 6.07) is 0. The van der Waals surface area contributed by atoms with Gasteiger partial charge in [-0.3, -0.25) is 18.6 Å². The topological polar surface area (TPSA) is 134 Å². The van der Waals surface area contributed by atoms with Crippen molar-refractivity contribution in [3.63, 3.8) is 0 Å². The van der Waals surface area contributed by atoms with E-state index in [0.717, 1.165) is 32.1 Å². The molecule has 2 atom stereocenters. The Morgan fingerprint density at radius 1 is 0.707 bits per heavy atom. The van der Waals surface area contributed by atoms with Gasteiger partial charge in [-0.2, -0.15) is 0 Å². The van der Waals surface area contributed by atoms with Crippen molar-refractivity contribution < 1.29 is 37.6 Å². The largest absolute Gasteiger partial charge is 0.472 e. The van der Waals surface area contributed by atoms with E-state index in [1.807, 2.05) is 6.92 Å². The number of nitrogens with two attached hydrogens (primary N) is 1. The third-order valence-corrected chi connectivity index (χ3v) is 7.64. The van der Waals surface area contributed by atoms with E-state index in [1.165, 1.54) is 70.6 Å². The molecule has 0 aliphatic rings. The van der Waals surface area contributed by atoms with Gasteiger partial charge in [0, 0.05) is 19.4 Å². The molecule has 0 rings (SSSR count). The normalized spacial score (nSPS) is 13.8. The Hall–Kier alpha value is -1.25. The number of hydrogen-bond acceptors (Lipinski definition) is 8. The molecule has 9 nitrogen and oxygen atoms in total. The molecule has 0 amide bonds. The highest BCUT2D eigenvalue weighted by atomic mass is 31.2. The predicted molar refractivity (Wildman–Crippen MR) is 164 cm³/mol. The van der Waals surface area contributed by atoms with Crippen LogP contribution in [0.3, 0.4) is 0 Å². The van der Waals surface area contributed by atoms with Crippen molar-refractivity contribution in [2.24, 2.45) is 5.73 Å². The van der Waals surface area contributed by atoms with E-state index in [1.54, 1.807) is 0 Å². The van der Waals surface area contributed by atoms with Crippen LogP contribution in [0.25, 0.3) is 0 Å². The number of allylic oxidation sites excluding steroid dienone is 2. The van der Waals surface area contributed by atoms with Gasteiger partial charge in [0.2, 0.25) is 0 Å². The van der Waals surface area contributed by atoms with Crippen LogP contribution in [0.4, 0.5) is 0 Å². The number of rotatable bonds is 30. The summed E-state index contributed by atoms with van der Waals surface area (Å²) in [5.74, 6) is -0.874. The van der Waals surface area contributed by atoms with E-state index in [-0.39, 0.29) is 32.6 Å². The van der Waals surface area contributed by atoms with Gasteiger partial charge in [-0.25, -0.2) is 4.57 Å². The van der Waals surface area contributed by atoms with Gasteiger partial charge < -0.3 is 20.1 Å². The van der Waals surface area contributed by atoms with Crippen LogP contribution in [0.1, 0.15) is 142 Å². The Balaban J connectivity index is 3.99. The van der Waals surface area contributed by atoms with Crippen LogP contribution < -0.4 is 5.73 Å². The Bertz CT molecular complexity index is 704. The molecule has 0 radical (unpaired) electrons. The van der Waals surface area contributed by atoms with Crippen LogP contribution in [0.2, 0.25) is 0 Å². The van der Waals surface area contributed by atoms with E-state index < -0.39 is 32.5 Å². The van der Waals surface area contributed by atoms with Crippen LogP contribution >= 0.6 is 7.82 Å². The minimum atomic E-state index is -4.34. The molecular formula is C31H60NO8P. The van der Waals surface area contributed by atoms with E-state index in [4.69, 9.17) is 24.3 Å². The van der Waals surface area contributed by atoms with Crippen LogP contribution in [-0.2, 0) is 32.7 Å². The molecule has 0 aromatic rings. The van der Waals surface area contributed by atoms with Crippen molar-refractivity contribution in [1.82, 2.24) is 0 Å². The quantitative estimate of drug-likeness (QED) is 0.0362. The number of phosphoric acid groups is 1. The number of unbranched alkanes of at least 4 members (excludes halogenated alkanes) is 15. The van der Waals surface area contributed by atoms with Gasteiger partial charge >= 0.3 is 19.8 Å². The first-order chi connectivity index (χ1) is 19.8. The monoisotopic (exact) mass is 605 g/mol. The van der Waals surface area contributed by atoms with Gasteiger partial charge in [0.1, 0.15) is 6.61 Å². The van der Waals surface area contributed by atoms with E-state index in [2.05, 4.69) is 19.1 Å². The van der Waals surface area contributed by atoms with Gasteiger partial charge in [-0.05, 0) is 38.5 Å². The number of phosphoric ester groups is 1. The fourth-order valence-electron chi connectivity index (χ4n) is 4.19. The van der Waals surface area contributed by atoms with Gasteiger partial charge in [0.15, 0.2) is 6.10 Å².